The number of benzene rings is 7. The van der Waals surface area contributed by atoms with Crippen LogP contribution in [0.25, 0.3) is 83.9 Å². The summed E-state index contributed by atoms with van der Waals surface area (Å²) in [5.74, 6) is 0.881. The van der Waals surface area contributed by atoms with Gasteiger partial charge in [-0.15, -0.1) is 29.3 Å². The third kappa shape index (κ3) is 10.8. The molecule has 2 heterocycles. The van der Waals surface area contributed by atoms with Crippen LogP contribution in [0.4, 0.5) is 0 Å². The number of pyridine rings is 1. The van der Waals surface area contributed by atoms with Crippen LogP contribution in [-0.2, 0) is 48.1 Å². The molecule has 0 atom stereocenters. The van der Waals surface area contributed by atoms with Gasteiger partial charge in [0, 0.05) is 48.2 Å². The zero-order valence-electron chi connectivity index (χ0n) is 49.0. The minimum atomic E-state index is -2.26. The van der Waals surface area contributed by atoms with Crippen LogP contribution in [0.15, 0.2) is 152 Å². The van der Waals surface area contributed by atoms with Crippen molar-refractivity contribution in [2.45, 2.75) is 138 Å². The molecule has 9 aromatic rings. The van der Waals surface area contributed by atoms with Gasteiger partial charge in [-0.1, -0.05) is 218 Å². The average Bonchev–Trinajstić information content (AvgIpc) is 3.75. The number of phenolic OH excluding ortho intramolecular Hbond substituents is 1. The van der Waals surface area contributed by atoms with E-state index in [1.807, 2.05) is 42.6 Å². The van der Waals surface area contributed by atoms with Gasteiger partial charge in [0.15, 0.2) is 0 Å². The molecule has 2 aromatic heterocycles. The Hall–Kier alpha value is -6.35. The smallest absolute Gasteiger partial charge is 0.148 e. The van der Waals surface area contributed by atoms with Crippen molar-refractivity contribution in [3.8, 4) is 78.6 Å². The van der Waals surface area contributed by atoms with E-state index in [1.165, 1.54) is 5.56 Å². The Morgan fingerprint density at radius 2 is 1.05 bits per heavy atom. The first-order chi connectivity index (χ1) is 35.4. The van der Waals surface area contributed by atoms with E-state index >= 15 is 0 Å². The van der Waals surface area contributed by atoms with Crippen molar-refractivity contribution in [1.29, 1.82) is 0 Å². The SMILES string of the molecule is [2H]C([2H])([2H])c1cc(C(C)(C)C)ccc1-c1ccc(-c2ccnc(-c3[c-]c(-c4cccc5c4nc(-c4cc(C(C)(C)C)cc(C(C)(C)C)c4O)n5-c4ccc(C(C)(C)C)cc4-c4ccccc4)cc(C(C)(C)C)c3)c2)cc1.[Pt]. The molecule has 0 spiro atoms. The summed E-state index contributed by atoms with van der Waals surface area (Å²) in [5, 5.41) is 12.6. The van der Waals surface area contributed by atoms with Gasteiger partial charge in [0.25, 0.3) is 0 Å². The Balaban J connectivity index is 0.00000784. The maximum absolute atomic E-state index is 12.6. The van der Waals surface area contributed by atoms with E-state index in [0.717, 1.165) is 89.2 Å². The van der Waals surface area contributed by atoms with Crippen molar-refractivity contribution in [1.82, 2.24) is 14.5 Å². The molecule has 0 aliphatic carbocycles. The molecule has 7 aromatic carbocycles. The normalized spacial score (nSPS) is 13.3. The van der Waals surface area contributed by atoms with E-state index in [1.54, 1.807) is 0 Å². The molecule has 0 bridgehead atoms. The molecule has 5 heteroatoms. The van der Waals surface area contributed by atoms with Gasteiger partial charge in [-0.25, -0.2) is 4.98 Å². The Kier molecular flexibility index (Phi) is 13.3. The molecule has 0 aliphatic heterocycles. The second-order valence-electron chi connectivity index (χ2n) is 25.2. The van der Waals surface area contributed by atoms with Crippen molar-refractivity contribution in [3.05, 3.63) is 191 Å². The van der Waals surface area contributed by atoms with E-state index in [9.17, 15) is 5.11 Å². The third-order valence-corrected chi connectivity index (χ3v) is 14.4. The first kappa shape index (κ1) is 49.8. The number of hydrogen-bond acceptors (Lipinski definition) is 3. The number of aromatic nitrogens is 3. The molecule has 382 valence electrons. The second-order valence-corrected chi connectivity index (χ2v) is 25.2. The number of hydrogen-bond donors (Lipinski definition) is 1. The molecular weight excluding hydrogens is 1080 g/mol. The summed E-state index contributed by atoms with van der Waals surface area (Å²) in [5.41, 5.74) is 17.1. The van der Waals surface area contributed by atoms with Crippen LogP contribution < -0.4 is 0 Å². The van der Waals surface area contributed by atoms with Crippen molar-refractivity contribution >= 4 is 11.0 Å². The third-order valence-electron chi connectivity index (χ3n) is 14.4. The minimum Gasteiger partial charge on any atom is -0.507 e. The summed E-state index contributed by atoms with van der Waals surface area (Å²) < 4.78 is 27.5. The first-order valence-electron chi connectivity index (χ1n) is 27.3. The van der Waals surface area contributed by atoms with Gasteiger partial charge in [0.1, 0.15) is 11.6 Å². The van der Waals surface area contributed by atoms with Gasteiger partial charge in [0.2, 0.25) is 0 Å². The van der Waals surface area contributed by atoms with Gasteiger partial charge in [-0.2, -0.15) is 0 Å². The van der Waals surface area contributed by atoms with Gasteiger partial charge in [0.05, 0.1) is 22.3 Å². The van der Waals surface area contributed by atoms with Crippen LogP contribution >= 0.6 is 0 Å². The zero-order chi connectivity index (χ0) is 55.1. The number of phenols is 1. The molecule has 0 aliphatic rings. The number of para-hydroxylation sites is 1. The molecule has 9 rings (SSSR count). The maximum atomic E-state index is 12.6. The van der Waals surface area contributed by atoms with E-state index in [2.05, 4.69) is 224 Å². The molecular formula is C69H74N3OPt-. The molecule has 4 nitrogen and oxygen atoms in total. The van der Waals surface area contributed by atoms with E-state index in [0.29, 0.717) is 22.5 Å². The Morgan fingerprint density at radius 3 is 1.69 bits per heavy atom. The van der Waals surface area contributed by atoms with Crippen molar-refractivity contribution in [2.75, 3.05) is 0 Å². The quantitative estimate of drug-likeness (QED) is 0.162. The number of aromatic hydroxyl groups is 1. The molecule has 0 unspecified atom stereocenters. The van der Waals surface area contributed by atoms with Gasteiger partial charge in [-0.3, -0.25) is 9.55 Å². The van der Waals surface area contributed by atoms with Crippen LogP contribution in [0, 0.1) is 12.9 Å². The largest absolute Gasteiger partial charge is 0.507 e. The fourth-order valence-electron chi connectivity index (χ4n) is 9.75. The molecule has 0 fully saturated rings. The minimum absolute atomic E-state index is 0. The molecule has 0 amide bonds. The van der Waals surface area contributed by atoms with Crippen LogP contribution in [0.1, 0.15) is 141 Å². The van der Waals surface area contributed by atoms with E-state index in [4.69, 9.17) is 14.1 Å². The van der Waals surface area contributed by atoms with Gasteiger partial charge < -0.3 is 5.11 Å². The van der Waals surface area contributed by atoms with Crippen LogP contribution in [0.3, 0.4) is 0 Å². The van der Waals surface area contributed by atoms with Gasteiger partial charge >= 0.3 is 0 Å². The van der Waals surface area contributed by atoms with Crippen LogP contribution in [0.5, 0.6) is 5.75 Å². The number of rotatable bonds is 7. The summed E-state index contributed by atoms with van der Waals surface area (Å²) in [6, 6.07) is 54.5. The molecule has 0 saturated carbocycles. The molecule has 74 heavy (non-hydrogen) atoms. The first-order valence-corrected chi connectivity index (χ1v) is 25.8. The predicted octanol–water partition coefficient (Wildman–Crippen LogP) is 18.7. The summed E-state index contributed by atoms with van der Waals surface area (Å²) in [6.07, 6.45) is 1.85. The Labute approximate surface area is 460 Å². The van der Waals surface area contributed by atoms with E-state index in [-0.39, 0.29) is 53.9 Å². The fourth-order valence-corrected chi connectivity index (χ4v) is 9.75. The summed E-state index contributed by atoms with van der Waals surface area (Å²) in [7, 11) is 0. The average molecular weight is 1160 g/mol. The standard InChI is InChI=1S/C69H74N3O.Pt/c1-43-35-50(65(2,3)4)29-31-54(43)46-27-25-44(26-28-46)47-33-34-70-59(39-47)49-36-48(37-52(38-49)67(8,9)10)55-23-20-24-61-62(55)71-64(57-41-53(68(11,12)13)42-58(63(57)73)69(14,15)16)72(61)60-32-30-51(66(5,6)7)40-56(60)45-21-18-17-19-22-45;/h17-35,37-42,73H,1-16H3;/q-1;/i1D3;. The van der Waals surface area contributed by atoms with Crippen LogP contribution in [-0.4, -0.2) is 19.6 Å². The van der Waals surface area contributed by atoms with E-state index < -0.39 is 6.85 Å². The van der Waals surface area contributed by atoms with Crippen molar-refractivity contribution < 1.29 is 30.3 Å². The maximum Gasteiger partial charge on any atom is 0.148 e. The number of imidazole rings is 1. The summed E-state index contributed by atoms with van der Waals surface area (Å²) in [4.78, 5) is 10.7. The Morgan fingerprint density at radius 1 is 0.473 bits per heavy atom. The van der Waals surface area contributed by atoms with Crippen molar-refractivity contribution in [3.63, 3.8) is 0 Å². The number of nitrogens with zero attached hydrogens (tertiary/aromatic N) is 3. The molecule has 0 saturated heterocycles. The topological polar surface area (TPSA) is 50.9 Å². The zero-order valence-corrected chi connectivity index (χ0v) is 48.3. The predicted molar refractivity (Wildman–Crippen MR) is 310 cm³/mol. The Bertz CT molecular complexity index is 3650. The molecule has 1 N–H and O–H groups in total. The van der Waals surface area contributed by atoms with Crippen LogP contribution in [0.2, 0.25) is 0 Å². The monoisotopic (exact) mass is 1160 g/mol. The van der Waals surface area contributed by atoms with Crippen molar-refractivity contribution in [2.24, 2.45) is 0 Å². The number of aryl methyl sites for hydroxylation is 1. The van der Waals surface area contributed by atoms with Gasteiger partial charge in [-0.05, 0) is 114 Å². The fraction of sp³-hybridized carbons (Fsp3) is 0.304. The second kappa shape index (κ2) is 19.7. The number of fused-ring (bicyclic) bond motifs is 1. The summed E-state index contributed by atoms with van der Waals surface area (Å²) in [6.45, 7) is 30.6. The summed E-state index contributed by atoms with van der Waals surface area (Å²) >= 11 is 0. The molecule has 0 radical (unpaired) electrons.